The molecule has 2 atom stereocenters. The summed E-state index contributed by atoms with van der Waals surface area (Å²) in [7, 11) is -1.16. The van der Waals surface area contributed by atoms with Crippen LogP contribution >= 0.6 is 0 Å². The summed E-state index contributed by atoms with van der Waals surface area (Å²) in [6.07, 6.45) is 1.61. The molecule has 6 nitrogen and oxygen atoms in total. The third-order valence-corrected chi connectivity index (χ3v) is 6.01. The minimum absolute atomic E-state index is 0.0826. The van der Waals surface area contributed by atoms with Gasteiger partial charge in [0.15, 0.2) is 9.84 Å². The first-order valence-electron chi connectivity index (χ1n) is 8.26. The monoisotopic (exact) mass is 354 g/mol. The molecule has 0 radical (unpaired) electrons. The predicted molar refractivity (Wildman–Crippen MR) is 95.1 cm³/mol. The number of sulfone groups is 1. The average molecular weight is 354 g/mol. The second kappa shape index (κ2) is 7.98. The van der Waals surface area contributed by atoms with Gasteiger partial charge in [0.2, 0.25) is 5.91 Å². The van der Waals surface area contributed by atoms with Crippen molar-refractivity contribution in [2.24, 2.45) is 0 Å². The van der Waals surface area contributed by atoms with Crippen LogP contribution in [0.25, 0.3) is 0 Å². The van der Waals surface area contributed by atoms with E-state index in [2.05, 4.69) is 12.2 Å². The van der Waals surface area contributed by atoms with Gasteiger partial charge in [-0.3, -0.25) is 9.69 Å². The Morgan fingerprint density at radius 2 is 2.21 bits per heavy atom. The molecular weight excluding hydrogens is 328 g/mol. The van der Waals surface area contributed by atoms with Crippen LogP contribution in [0, 0.1) is 0 Å². The molecule has 1 saturated heterocycles. The molecule has 7 heteroatoms. The van der Waals surface area contributed by atoms with E-state index >= 15 is 0 Å². The second-order valence-electron chi connectivity index (χ2n) is 6.38. The van der Waals surface area contributed by atoms with Gasteiger partial charge >= 0.3 is 0 Å². The van der Waals surface area contributed by atoms with Gasteiger partial charge in [0, 0.05) is 17.8 Å². The highest BCUT2D eigenvalue weighted by atomic mass is 32.2. The molecule has 1 aliphatic rings. The first-order chi connectivity index (χ1) is 11.3. The first kappa shape index (κ1) is 18.7. The smallest absolute Gasteiger partial charge is 0.238 e. The molecule has 1 aromatic rings. The maximum atomic E-state index is 12.2. The van der Waals surface area contributed by atoms with Crippen molar-refractivity contribution in [2.75, 3.05) is 30.4 Å². The first-order valence-corrected chi connectivity index (χ1v) is 10.1. The van der Waals surface area contributed by atoms with E-state index in [9.17, 15) is 13.2 Å². The number of carbonyl (C=O) groups is 1. The summed E-state index contributed by atoms with van der Waals surface area (Å²) >= 11 is 0. The zero-order valence-corrected chi connectivity index (χ0v) is 15.3. The van der Waals surface area contributed by atoms with Crippen molar-refractivity contribution in [1.82, 2.24) is 4.90 Å². The molecule has 2 rings (SSSR count). The largest absolute Gasteiger partial charge is 0.491 e. The fraction of sp³-hybridized carbons (Fsp3) is 0.588. The number of hydrogen-bond donors (Lipinski definition) is 1. The molecule has 0 spiro atoms. The Bertz CT molecular complexity index is 675. The van der Waals surface area contributed by atoms with Gasteiger partial charge in [-0.05, 0) is 38.9 Å². The van der Waals surface area contributed by atoms with E-state index in [4.69, 9.17) is 4.74 Å². The van der Waals surface area contributed by atoms with E-state index in [-0.39, 0.29) is 36.1 Å². The molecule has 0 unspecified atom stereocenters. The second-order valence-corrected chi connectivity index (χ2v) is 8.61. The lowest BCUT2D eigenvalue weighted by atomic mass is 10.2. The summed E-state index contributed by atoms with van der Waals surface area (Å²) in [5.41, 5.74) is 0.674. The summed E-state index contributed by atoms with van der Waals surface area (Å²) < 4.78 is 28.8. The Kier molecular flexibility index (Phi) is 6.23. The van der Waals surface area contributed by atoms with Crippen LogP contribution in [0.15, 0.2) is 24.3 Å². The molecule has 24 heavy (non-hydrogen) atoms. The van der Waals surface area contributed by atoms with E-state index in [1.165, 1.54) is 0 Å². The van der Waals surface area contributed by atoms with Gasteiger partial charge in [-0.25, -0.2) is 8.42 Å². The SMILES string of the molecule is CC[C@@H](C)Oc1cccc(NC(=O)CN(C)[C@H]2CCS(=O)(=O)C2)c1. The Hall–Kier alpha value is -1.60. The minimum Gasteiger partial charge on any atom is -0.491 e. The number of nitrogens with zero attached hydrogens (tertiary/aromatic N) is 1. The van der Waals surface area contributed by atoms with Crippen LogP contribution in [0.2, 0.25) is 0 Å². The van der Waals surface area contributed by atoms with E-state index in [0.717, 1.165) is 12.2 Å². The Labute approximate surface area is 144 Å². The summed E-state index contributed by atoms with van der Waals surface area (Å²) in [6.45, 7) is 4.21. The predicted octanol–water partition coefficient (Wildman–Crippen LogP) is 1.92. The number of anilines is 1. The molecule has 1 aromatic carbocycles. The molecule has 1 fully saturated rings. The van der Waals surface area contributed by atoms with Crippen LogP contribution in [-0.2, 0) is 14.6 Å². The molecule has 0 saturated carbocycles. The number of likely N-dealkylation sites (N-methyl/N-ethyl adjacent to an activating group) is 1. The molecule has 1 N–H and O–H groups in total. The molecule has 1 heterocycles. The molecule has 1 amide bonds. The number of amides is 1. The van der Waals surface area contributed by atoms with Crippen molar-refractivity contribution in [3.63, 3.8) is 0 Å². The fourth-order valence-corrected chi connectivity index (χ4v) is 4.45. The topological polar surface area (TPSA) is 75.7 Å². The van der Waals surface area contributed by atoms with Crippen molar-refractivity contribution >= 4 is 21.4 Å². The summed E-state index contributed by atoms with van der Waals surface area (Å²) in [5, 5.41) is 2.84. The van der Waals surface area contributed by atoms with Gasteiger partial charge in [-0.1, -0.05) is 13.0 Å². The van der Waals surface area contributed by atoms with Gasteiger partial charge in [0.05, 0.1) is 24.2 Å². The Morgan fingerprint density at radius 1 is 1.46 bits per heavy atom. The summed E-state index contributed by atoms with van der Waals surface area (Å²) in [5.74, 6) is 0.896. The van der Waals surface area contributed by atoms with Crippen molar-refractivity contribution in [1.29, 1.82) is 0 Å². The fourth-order valence-electron chi connectivity index (χ4n) is 2.64. The maximum absolute atomic E-state index is 12.2. The van der Waals surface area contributed by atoms with Crippen LogP contribution < -0.4 is 10.1 Å². The highest BCUT2D eigenvalue weighted by Crippen LogP contribution is 2.20. The van der Waals surface area contributed by atoms with Crippen molar-refractivity contribution < 1.29 is 17.9 Å². The van der Waals surface area contributed by atoms with E-state index in [0.29, 0.717) is 12.1 Å². The van der Waals surface area contributed by atoms with Crippen molar-refractivity contribution in [3.05, 3.63) is 24.3 Å². The normalized spacial score (nSPS) is 20.8. The highest BCUT2D eigenvalue weighted by molar-refractivity contribution is 7.91. The lowest BCUT2D eigenvalue weighted by molar-refractivity contribution is -0.117. The maximum Gasteiger partial charge on any atom is 0.238 e. The van der Waals surface area contributed by atoms with Crippen molar-refractivity contribution in [3.8, 4) is 5.75 Å². The third-order valence-electron chi connectivity index (χ3n) is 4.25. The number of carbonyl (C=O) groups excluding carboxylic acids is 1. The molecule has 0 aliphatic carbocycles. The molecule has 0 bridgehead atoms. The van der Waals surface area contributed by atoms with Gasteiger partial charge in [0.25, 0.3) is 0 Å². The van der Waals surface area contributed by atoms with Crippen LogP contribution in [-0.4, -0.2) is 56.5 Å². The van der Waals surface area contributed by atoms with Crippen molar-refractivity contribution in [2.45, 2.75) is 38.8 Å². The number of ether oxygens (including phenoxy) is 1. The number of hydrogen-bond acceptors (Lipinski definition) is 5. The van der Waals surface area contributed by atoms with Gasteiger partial charge < -0.3 is 10.1 Å². The molecular formula is C17H26N2O4S. The van der Waals surface area contributed by atoms with Crippen LogP contribution in [0.1, 0.15) is 26.7 Å². The standard InChI is InChI=1S/C17H26N2O4S/c1-4-13(2)23-16-7-5-6-14(10-16)18-17(20)11-19(3)15-8-9-24(21,22)12-15/h5-7,10,13,15H,4,8-9,11-12H2,1-3H3,(H,18,20)/t13-,15+/m1/s1. The lowest BCUT2D eigenvalue weighted by Crippen LogP contribution is -2.38. The lowest BCUT2D eigenvalue weighted by Gasteiger charge is -2.22. The van der Waals surface area contributed by atoms with E-state index in [1.807, 2.05) is 19.1 Å². The van der Waals surface area contributed by atoms with E-state index in [1.54, 1.807) is 24.1 Å². The number of nitrogens with one attached hydrogen (secondary N) is 1. The third kappa shape index (κ3) is 5.49. The van der Waals surface area contributed by atoms with Gasteiger partial charge in [-0.15, -0.1) is 0 Å². The Morgan fingerprint density at radius 3 is 2.83 bits per heavy atom. The van der Waals surface area contributed by atoms with Crippen LogP contribution in [0.3, 0.4) is 0 Å². The Balaban J connectivity index is 1.89. The number of rotatable bonds is 7. The van der Waals surface area contributed by atoms with Gasteiger partial charge in [0.1, 0.15) is 5.75 Å². The molecule has 0 aromatic heterocycles. The zero-order chi connectivity index (χ0) is 17.7. The van der Waals surface area contributed by atoms with Gasteiger partial charge in [-0.2, -0.15) is 0 Å². The summed E-state index contributed by atoms with van der Waals surface area (Å²) in [6, 6.07) is 7.21. The average Bonchev–Trinajstić information content (AvgIpc) is 2.87. The zero-order valence-electron chi connectivity index (χ0n) is 14.5. The number of benzene rings is 1. The quantitative estimate of drug-likeness (QED) is 0.810. The van der Waals surface area contributed by atoms with E-state index < -0.39 is 9.84 Å². The summed E-state index contributed by atoms with van der Waals surface area (Å²) in [4.78, 5) is 14.0. The minimum atomic E-state index is -2.94. The van der Waals surface area contributed by atoms with Crippen LogP contribution in [0.4, 0.5) is 5.69 Å². The van der Waals surface area contributed by atoms with Crippen LogP contribution in [0.5, 0.6) is 5.75 Å². The molecule has 1 aliphatic heterocycles. The highest BCUT2D eigenvalue weighted by Gasteiger charge is 2.31. The molecule has 134 valence electrons.